The number of anilines is 1. The van der Waals surface area contributed by atoms with E-state index in [9.17, 15) is 4.79 Å². The molecule has 1 heterocycles. The molecular formula is C21H19Cl3N4O2S. The Balaban J connectivity index is 1.65. The van der Waals surface area contributed by atoms with Crippen LogP contribution in [0.1, 0.15) is 11.4 Å². The van der Waals surface area contributed by atoms with Crippen LogP contribution in [0.5, 0.6) is 5.75 Å². The van der Waals surface area contributed by atoms with Crippen molar-refractivity contribution in [2.45, 2.75) is 25.2 Å². The van der Waals surface area contributed by atoms with Crippen molar-refractivity contribution in [2.75, 3.05) is 11.1 Å². The number of halogens is 3. The van der Waals surface area contributed by atoms with Gasteiger partial charge in [0.05, 0.1) is 21.5 Å². The van der Waals surface area contributed by atoms with Crippen LogP contribution in [0.4, 0.5) is 5.69 Å². The van der Waals surface area contributed by atoms with Crippen molar-refractivity contribution in [3.63, 3.8) is 0 Å². The zero-order valence-electron chi connectivity index (χ0n) is 16.6. The zero-order valence-corrected chi connectivity index (χ0v) is 19.7. The summed E-state index contributed by atoms with van der Waals surface area (Å²) in [6, 6.07) is 10.4. The Morgan fingerprint density at radius 1 is 1.19 bits per heavy atom. The van der Waals surface area contributed by atoms with Crippen LogP contribution in [0.25, 0.3) is 0 Å². The van der Waals surface area contributed by atoms with Crippen molar-refractivity contribution in [3.05, 3.63) is 75.5 Å². The number of nitrogens with one attached hydrogen (secondary N) is 1. The molecule has 31 heavy (non-hydrogen) atoms. The SMILES string of the molecule is C=CCn1c(COc2cc(C)ccc2Cl)nnc1SCC(=O)Nc1cc(Cl)ccc1Cl. The molecule has 1 aromatic heterocycles. The number of benzene rings is 2. The summed E-state index contributed by atoms with van der Waals surface area (Å²) in [7, 11) is 0. The third kappa shape index (κ3) is 6.40. The average molecular weight is 498 g/mol. The highest BCUT2D eigenvalue weighted by molar-refractivity contribution is 7.99. The van der Waals surface area contributed by atoms with Crippen LogP contribution in [-0.4, -0.2) is 26.4 Å². The molecule has 0 aliphatic rings. The summed E-state index contributed by atoms with van der Waals surface area (Å²) in [6.07, 6.45) is 1.72. The summed E-state index contributed by atoms with van der Waals surface area (Å²) < 4.78 is 7.66. The highest BCUT2D eigenvalue weighted by Gasteiger charge is 2.15. The van der Waals surface area contributed by atoms with Gasteiger partial charge in [0.1, 0.15) is 12.4 Å². The van der Waals surface area contributed by atoms with Gasteiger partial charge in [-0.15, -0.1) is 16.8 Å². The molecule has 10 heteroatoms. The van der Waals surface area contributed by atoms with E-state index in [0.717, 1.165) is 5.56 Å². The van der Waals surface area contributed by atoms with Gasteiger partial charge in [0.2, 0.25) is 5.91 Å². The fourth-order valence-corrected chi connectivity index (χ4v) is 3.89. The first-order valence-corrected chi connectivity index (χ1v) is 11.3. The van der Waals surface area contributed by atoms with E-state index < -0.39 is 0 Å². The molecule has 1 amide bonds. The molecule has 3 rings (SSSR count). The van der Waals surface area contributed by atoms with Gasteiger partial charge in [0, 0.05) is 11.6 Å². The van der Waals surface area contributed by atoms with E-state index >= 15 is 0 Å². The Hall–Kier alpha value is -2.19. The second-order valence-electron chi connectivity index (χ2n) is 6.48. The predicted octanol–water partition coefficient (Wildman–Crippen LogP) is 6.04. The number of amides is 1. The quantitative estimate of drug-likeness (QED) is 0.288. The van der Waals surface area contributed by atoms with Crippen molar-refractivity contribution < 1.29 is 9.53 Å². The lowest BCUT2D eigenvalue weighted by molar-refractivity contribution is -0.113. The number of hydrogen-bond donors (Lipinski definition) is 1. The number of nitrogens with zero attached hydrogens (tertiary/aromatic N) is 3. The van der Waals surface area contributed by atoms with Crippen molar-refractivity contribution >= 4 is 58.2 Å². The average Bonchev–Trinajstić information content (AvgIpc) is 3.12. The number of ether oxygens (including phenoxy) is 1. The lowest BCUT2D eigenvalue weighted by atomic mass is 10.2. The highest BCUT2D eigenvalue weighted by atomic mass is 35.5. The highest BCUT2D eigenvalue weighted by Crippen LogP contribution is 2.27. The van der Waals surface area contributed by atoms with Crippen LogP contribution < -0.4 is 10.1 Å². The first-order chi connectivity index (χ1) is 14.9. The molecule has 0 saturated carbocycles. The van der Waals surface area contributed by atoms with Crippen LogP contribution in [-0.2, 0) is 17.9 Å². The van der Waals surface area contributed by atoms with E-state index in [4.69, 9.17) is 39.5 Å². The van der Waals surface area contributed by atoms with Gasteiger partial charge < -0.3 is 10.1 Å². The Morgan fingerprint density at radius 3 is 2.74 bits per heavy atom. The largest absolute Gasteiger partial charge is 0.484 e. The molecule has 0 atom stereocenters. The summed E-state index contributed by atoms with van der Waals surface area (Å²) >= 11 is 19.5. The third-order valence-corrected chi connectivity index (χ3v) is 5.93. The number of rotatable bonds is 9. The lowest BCUT2D eigenvalue weighted by Gasteiger charge is -2.11. The van der Waals surface area contributed by atoms with Gasteiger partial charge in [-0.25, -0.2) is 0 Å². The van der Waals surface area contributed by atoms with Gasteiger partial charge in [0.15, 0.2) is 11.0 Å². The number of aromatic nitrogens is 3. The van der Waals surface area contributed by atoms with Gasteiger partial charge in [-0.05, 0) is 42.8 Å². The van der Waals surface area contributed by atoms with Crippen LogP contribution in [0.3, 0.4) is 0 Å². The Morgan fingerprint density at radius 2 is 1.97 bits per heavy atom. The Bertz CT molecular complexity index is 1100. The topological polar surface area (TPSA) is 69.0 Å². The molecule has 3 aromatic rings. The van der Waals surface area contributed by atoms with Gasteiger partial charge in [0.25, 0.3) is 0 Å². The molecule has 0 bridgehead atoms. The molecule has 0 aliphatic carbocycles. The summed E-state index contributed by atoms with van der Waals surface area (Å²) in [5.74, 6) is 1.04. The molecular weight excluding hydrogens is 479 g/mol. The number of hydrogen-bond acceptors (Lipinski definition) is 5. The van der Waals surface area contributed by atoms with E-state index in [-0.39, 0.29) is 18.3 Å². The monoisotopic (exact) mass is 496 g/mol. The van der Waals surface area contributed by atoms with Crippen LogP contribution in [0.15, 0.2) is 54.2 Å². The molecule has 0 radical (unpaired) electrons. The Labute approximate surface area is 199 Å². The summed E-state index contributed by atoms with van der Waals surface area (Å²) in [5.41, 5.74) is 1.49. The second-order valence-corrected chi connectivity index (χ2v) is 8.67. The van der Waals surface area contributed by atoms with Gasteiger partial charge >= 0.3 is 0 Å². The van der Waals surface area contributed by atoms with E-state index in [2.05, 4.69) is 22.1 Å². The maximum absolute atomic E-state index is 12.4. The fourth-order valence-electron chi connectivity index (χ4n) is 2.62. The lowest BCUT2D eigenvalue weighted by Crippen LogP contribution is -2.15. The molecule has 162 valence electrons. The molecule has 0 saturated heterocycles. The van der Waals surface area contributed by atoms with Crippen molar-refractivity contribution in [1.82, 2.24) is 14.8 Å². The van der Waals surface area contributed by atoms with Crippen LogP contribution in [0, 0.1) is 6.92 Å². The minimum Gasteiger partial charge on any atom is -0.484 e. The van der Waals surface area contributed by atoms with Gasteiger partial charge in [-0.3, -0.25) is 9.36 Å². The minimum atomic E-state index is -0.244. The van der Waals surface area contributed by atoms with Crippen LogP contribution in [0.2, 0.25) is 15.1 Å². The third-order valence-electron chi connectivity index (χ3n) is 4.08. The molecule has 0 aliphatic heterocycles. The first kappa shape index (κ1) is 23.5. The number of carbonyl (C=O) groups is 1. The van der Waals surface area contributed by atoms with Crippen molar-refractivity contribution in [3.8, 4) is 5.75 Å². The maximum atomic E-state index is 12.4. The Kier molecular flexibility index (Phi) is 8.26. The molecule has 6 nitrogen and oxygen atoms in total. The van der Waals surface area contributed by atoms with Crippen molar-refractivity contribution in [1.29, 1.82) is 0 Å². The number of allylic oxidation sites excluding steroid dienone is 1. The summed E-state index contributed by atoms with van der Waals surface area (Å²) in [5, 5.41) is 13.1. The van der Waals surface area contributed by atoms with E-state index in [0.29, 0.717) is 44.0 Å². The van der Waals surface area contributed by atoms with E-state index in [1.807, 2.05) is 23.6 Å². The fraction of sp³-hybridized carbons (Fsp3) is 0.190. The maximum Gasteiger partial charge on any atom is 0.234 e. The molecule has 0 spiro atoms. The summed E-state index contributed by atoms with van der Waals surface area (Å²) in [6.45, 7) is 6.38. The standard InChI is InChI=1S/C21H19Cl3N4O2S/c1-3-8-28-19(11-30-18-9-13(2)4-6-16(18)24)26-27-21(28)31-12-20(29)25-17-10-14(22)5-7-15(17)23/h3-7,9-10H,1,8,11-12H2,2H3,(H,25,29). The summed E-state index contributed by atoms with van der Waals surface area (Å²) in [4.78, 5) is 12.4. The van der Waals surface area contributed by atoms with Crippen LogP contribution >= 0.6 is 46.6 Å². The normalized spacial score (nSPS) is 10.7. The number of thioether (sulfide) groups is 1. The minimum absolute atomic E-state index is 0.114. The number of carbonyl (C=O) groups excluding carboxylic acids is 1. The molecule has 1 N–H and O–H groups in total. The first-order valence-electron chi connectivity index (χ1n) is 9.17. The molecule has 2 aromatic carbocycles. The predicted molar refractivity (Wildman–Crippen MR) is 127 cm³/mol. The van der Waals surface area contributed by atoms with Gasteiger partial charge in [-0.2, -0.15) is 0 Å². The van der Waals surface area contributed by atoms with Gasteiger partial charge in [-0.1, -0.05) is 58.7 Å². The van der Waals surface area contributed by atoms with E-state index in [1.165, 1.54) is 11.8 Å². The van der Waals surface area contributed by atoms with Crippen molar-refractivity contribution in [2.24, 2.45) is 0 Å². The smallest absolute Gasteiger partial charge is 0.234 e. The molecule has 0 unspecified atom stereocenters. The zero-order chi connectivity index (χ0) is 22.4. The number of aryl methyl sites for hydroxylation is 1. The van der Waals surface area contributed by atoms with E-state index in [1.54, 1.807) is 30.3 Å². The molecule has 0 fully saturated rings. The second kappa shape index (κ2) is 10.9.